The van der Waals surface area contributed by atoms with Gasteiger partial charge in [0.1, 0.15) is 12.4 Å². The number of rotatable bonds is 4. The van der Waals surface area contributed by atoms with Crippen molar-refractivity contribution >= 4 is 23.0 Å². The molecule has 0 saturated carbocycles. The fourth-order valence-corrected chi connectivity index (χ4v) is 3.45. The predicted octanol–water partition coefficient (Wildman–Crippen LogP) is 3.76. The van der Waals surface area contributed by atoms with Crippen molar-refractivity contribution in [1.82, 2.24) is 9.55 Å². The van der Waals surface area contributed by atoms with Crippen molar-refractivity contribution in [2.24, 2.45) is 0 Å². The van der Waals surface area contributed by atoms with E-state index in [2.05, 4.69) is 16.9 Å². The average molecular weight is 361 g/mol. The minimum absolute atomic E-state index is 0.125. The van der Waals surface area contributed by atoms with E-state index in [1.54, 1.807) is 18.2 Å². The predicted molar refractivity (Wildman–Crippen MR) is 103 cm³/mol. The number of carbonyl (C=O) groups excluding carboxylic acids is 1. The highest BCUT2D eigenvalue weighted by Gasteiger charge is 2.35. The first kappa shape index (κ1) is 16.9. The maximum atomic E-state index is 12.8. The molecule has 27 heavy (non-hydrogen) atoms. The number of nitrogens with zero attached hydrogens (tertiary/aromatic N) is 2. The number of carbonyl (C=O) groups is 1. The van der Waals surface area contributed by atoms with Gasteiger partial charge in [-0.1, -0.05) is 36.9 Å². The number of nitrogens with one attached hydrogen (secondary N) is 1. The molecular weight excluding hydrogens is 342 g/mol. The number of hydrogen-bond acceptors (Lipinski definition) is 5. The molecule has 2 heterocycles. The van der Waals surface area contributed by atoms with Gasteiger partial charge in [0.15, 0.2) is 0 Å². The summed E-state index contributed by atoms with van der Waals surface area (Å²) in [6.45, 7) is 5.54. The minimum atomic E-state index is -0.474. The van der Waals surface area contributed by atoms with Crippen LogP contribution in [-0.4, -0.2) is 27.2 Å². The molecule has 1 aliphatic rings. The van der Waals surface area contributed by atoms with Crippen LogP contribution in [0.3, 0.4) is 0 Å². The van der Waals surface area contributed by atoms with E-state index in [1.807, 2.05) is 41.8 Å². The monoisotopic (exact) mass is 361 g/mol. The number of anilines is 1. The van der Waals surface area contributed by atoms with Gasteiger partial charge in [0.05, 0.1) is 22.6 Å². The van der Waals surface area contributed by atoms with Crippen LogP contribution in [0.4, 0.5) is 5.95 Å². The van der Waals surface area contributed by atoms with Crippen LogP contribution >= 0.6 is 0 Å². The summed E-state index contributed by atoms with van der Waals surface area (Å²) in [6, 6.07) is 14.1. The average Bonchev–Trinajstić information content (AvgIpc) is 3.02. The second-order valence-electron chi connectivity index (χ2n) is 6.34. The van der Waals surface area contributed by atoms with Crippen molar-refractivity contribution in [2.75, 3.05) is 11.9 Å². The number of esters is 1. The van der Waals surface area contributed by atoms with E-state index in [0.717, 1.165) is 16.6 Å². The molecule has 0 bridgehead atoms. The van der Waals surface area contributed by atoms with E-state index in [0.29, 0.717) is 17.2 Å². The van der Waals surface area contributed by atoms with Gasteiger partial charge in [-0.3, -0.25) is 4.57 Å². The van der Waals surface area contributed by atoms with Gasteiger partial charge in [0.2, 0.25) is 5.95 Å². The standard InChI is InChI=1S/C21H19N3O3/c1-3-11-27-20(26)18-13(2)22-21-23-16-9-4-5-10-17(16)24(21)19(18)14-7-6-8-15(25)12-14/h3-10,12,19,25H,1,11H2,2H3,(H,22,23)/t19-/m1/s1. The van der Waals surface area contributed by atoms with Crippen molar-refractivity contribution in [1.29, 1.82) is 0 Å². The number of ether oxygens (including phenoxy) is 1. The van der Waals surface area contributed by atoms with Crippen LogP contribution in [0.15, 0.2) is 72.5 Å². The number of phenolic OH excluding ortho intramolecular Hbond substituents is 1. The molecule has 0 unspecified atom stereocenters. The summed E-state index contributed by atoms with van der Waals surface area (Å²) in [5, 5.41) is 13.2. The Bertz CT molecular complexity index is 1080. The lowest BCUT2D eigenvalue weighted by atomic mass is 9.95. The van der Waals surface area contributed by atoms with Crippen LogP contribution in [0.2, 0.25) is 0 Å². The van der Waals surface area contributed by atoms with E-state index >= 15 is 0 Å². The van der Waals surface area contributed by atoms with Gasteiger partial charge in [0, 0.05) is 5.70 Å². The highest BCUT2D eigenvalue weighted by molar-refractivity contribution is 5.94. The fourth-order valence-electron chi connectivity index (χ4n) is 3.45. The molecule has 1 aliphatic heterocycles. The molecule has 0 saturated heterocycles. The summed E-state index contributed by atoms with van der Waals surface area (Å²) < 4.78 is 7.30. The quantitative estimate of drug-likeness (QED) is 0.547. The molecule has 136 valence electrons. The van der Waals surface area contributed by atoms with Crippen LogP contribution in [0.1, 0.15) is 18.5 Å². The Hall–Kier alpha value is -3.54. The van der Waals surface area contributed by atoms with Crippen LogP contribution in [0.5, 0.6) is 5.75 Å². The summed E-state index contributed by atoms with van der Waals surface area (Å²) >= 11 is 0. The number of aromatic nitrogens is 2. The number of hydrogen-bond donors (Lipinski definition) is 2. The zero-order valence-corrected chi connectivity index (χ0v) is 14.8. The SMILES string of the molecule is C=CCOC(=O)C1=C(C)Nc2nc3ccccc3n2[C@@H]1c1cccc(O)c1. The molecule has 6 heteroatoms. The smallest absolute Gasteiger partial charge is 0.338 e. The van der Waals surface area contributed by atoms with Gasteiger partial charge in [-0.2, -0.15) is 0 Å². The Morgan fingerprint density at radius 1 is 1.33 bits per heavy atom. The lowest BCUT2D eigenvalue weighted by Crippen LogP contribution is -2.29. The number of para-hydroxylation sites is 2. The second-order valence-corrected chi connectivity index (χ2v) is 6.34. The van der Waals surface area contributed by atoms with E-state index in [1.165, 1.54) is 6.08 Å². The molecule has 6 nitrogen and oxygen atoms in total. The Labute approximate surface area is 156 Å². The highest BCUT2D eigenvalue weighted by atomic mass is 16.5. The number of fused-ring (bicyclic) bond motifs is 3. The number of imidazole rings is 1. The van der Waals surface area contributed by atoms with Gasteiger partial charge < -0.3 is 15.2 Å². The summed E-state index contributed by atoms with van der Waals surface area (Å²) in [6.07, 6.45) is 1.53. The summed E-state index contributed by atoms with van der Waals surface area (Å²) in [5.41, 5.74) is 3.61. The molecule has 3 aromatic rings. The normalized spacial score (nSPS) is 16.0. The lowest BCUT2D eigenvalue weighted by Gasteiger charge is -2.30. The molecule has 0 aliphatic carbocycles. The Balaban J connectivity index is 1.95. The van der Waals surface area contributed by atoms with Crippen LogP contribution in [0.25, 0.3) is 11.0 Å². The second kappa shape index (κ2) is 6.64. The molecule has 0 spiro atoms. The van der Waals surface area contributed by atoms with Gasteiger partial charge in [-0.25, -0.2) is 9.78 Å². The molecule has 2 N–H and O–H groups in total. The number of phenols is 1. The number of aromatic hydroxyl groups is 1. The van der Waals surface area contributed by atoms with Gasteiger partial charge >= 0.3 is 5.97 Å². The molecule has 1 atom stereocenters. The number of benzene rings is 2. The first-order valence-electron chi connectivity index (χ1n) is 8.62. The summed E-state index contributed by atoms with van der Waals surface area (Å²) in [4.78, 5) is 17.5. The van der Waals surface area contributed by atoms with Crippen molar-refractivity contribution in [3.8, 4) is 5.75 Å². The van der Waals surface area contributed by atoms with Crippen molar-refractivity contribution in [3.63, 3.8) is 0 Å². The number of allylic oxidation sites excluding steroid dienone is 1. The van der Waals surface area contributed by atoms with E-state index < -0.39 is 12.0 Å². The van der Waals surface area contributed by atoms with Crippen LogP contribution in [0, 0.1) is 0 Å². The summed E-state index contributed by atoms with van der Waals surface area (Å²) in [5.74, 6) is 0.340. The molecule has 0 fully saturated rings. The maximum absolute atomic E-state index is 12.8. The van der Waals surface area contributed by atoms with Crippen LogP contribution < -0.4 is 5.32 Å². The highest BCUT2D eigenvalue weighted by Crippen LogP contribution is 2.40. The molecule has 4 rings (SSSR count). The maximum Gasteiger partial charge on any atom is 0.338 e. The zero-order valence-electron chi connectivity index (χ0n) is 14.8. The third-order valence-electron chi connectivity index (χ3n) is 4.57. The van der Waals surface area contributed by atoms with Crippen molar-refractivity contribution < 1.29 is 14.6 Å². The molecular formula is C21H19N3O3. The Morgan fingerprint density at radius 3 is 2.93 bits per heavy atom. The Kier molecular flexibility index (Phi) is 4.16. The summed E-state index contributed by atoms with van der Waals surface area (Å²) in [7, 11) is 0. The topological polar surface area (TPSA) is 76.4 Å². The lowest BCUT2D eigenvalue weighted by molar-refractivity contribution is -0.138. The largest absolute Gasteiger partial charge is 0.508 e. The van der Waals surface area contributed by atoms with Gasteiger partial charge in [0.25, 0.3) is 0 Å². The molecule has 2 aromatic carbocycles. The zero-order chi connectivity index (χ0) is 19.0. The minimum Gasteiger partial charge on any atom is -0.508 e. The molecule has 1 aromatic heterocycles. The van der Waals surface area contributed by atoms with Gasteiger partial charge in [-0.15, -0.1) is 0 Å². The molecule has 0 radical (unpaired) electrons. The first-order chi connectivity index (χ1) is 13.1. The van der Waals surface area contributed by atoms with Crippen molar-refractivity contribution in [3.05, 3.63) is 78.0 Å². The van der Waals surface area contributed by atoms with Gasteiger partial charge in [-0.05, 0) is 36.8 Å². The third kappa shape index (κ3) is 2.85. The Morgan fingerprint density at radius 2 is 2.15 bits per heavy atom. The van der Waals surface area contributed by atoms with E-state index in [-0.39, 0.29) is 12.4 Å². The van der Waals surface area contributed by atoms with E-state index in [9.17, 15) is 9.90 Å². The molecule has 0 amide bonds. The van der Waals surface area contributed by atoms with E-state index in [4.69, 9.17) is 4.74 Å². The third-order valence-corrected chi connectivity index (χ3v) is 4.57. The van der Waals surface area contributed by atoms with Crippen LogP contribution in [-0.2, 0) is 9.53 Å². The first-order valence-corrected chi connectivity index (χ1v) is 8.62. The van der Waals surface area contributed by atoms with Crippen molar-refractivity contribution in [2.45, 2.75) is 13.0 Å². The fraction of sp³-hybridized carbons (Fsp3) is 0.143.